The Kier molecular flexibility index (Phi) is 3.03. The molecule has 1 aromatic carbocycles. The monoisotopic (exact) mass is 259 g/mol. The summed E-state index contributed by atoms with van der Waals surface area (Å²) in [6.45, 7) is -0.0163. The fraction of sp³-hybridized carbons (Fsp3) is 0.200. The second-order valence-electron chi connectivity index (χ2n) is 3.28. The third-order valence-electron chi connectivity index (χ3n) is 2.14. The summed E-state index contributed by atoms with van der Waals surface area (Å²) < 4.78 is 4.41. The lowest BCUT2D eigenvalue weighted by Gasteiger charge is -2.27. The number of nitrogens with zero attached hydrogens (tertiary/aromatic N) is 1. The summed E-state index contributed by atoms with van der Waals surface area (Å²) in [5.41, 5.74) is 0.555. The highest BCUT2D eigenvalue weighted by Gasteiger charge is 2.26. The highest BCUT2D eigenvalue weighted by Crippen LogP contribution is 2.32. The van der Waals surface area contributed by atoms with Crippen molar-refractivity contribution in [3.8, 4) is 0 Å². The molecule has 0 amide bonds. The van der Waals surface area contributed by atoms with Crippen molar-refractivity contribution < 1.29 is 14.3 Å². The molecule has 84 valence electrons. The highest BCUT2D eigenvalue weighted by atomic mass is 35.5. The third kappa shape index (κ3) is 2.13. The van der Waals surface area contributed by atoms with Gasteiger partial charge in [-0.3, -0.25) is 0 Å². The van der Waals surface area contributed by atoms with Crippen LogP contribution < -0.4 is 4.90 Å². The second-order valence-corrected chi connectivity index (χ2v) is 4.06. The van der Waals surface area contributed by atoms with Crippen molar-refractivity contribution in [2.24, 2.45) is 0 Å². The molecule has 0 saturated carbocycles. The van der Waals surface area contributed by atoms with Gasteiger partial charge in [-0.2, -0.15) is 0 Å². The predicted octanol–water partition coefficient (Wildman–Crippen LogP) is 1.88. The molecule has 1 aliphatic rings. The van der Waals surface area contributed by atoms with Gasteiger partial charge >= 0.3 is 11.9 Å². The van der Waals surface area contributed by atoms with E-state index in [1.165, 1.54) is 4.90 Å². The van der Waals surface area contributed by atoms with Gasteiger partial charge in [0.1, 0.15) is 13.1 Å². The van der Waals surface area contributed by atoms with Gasteiger partial charge in [-0.25, -0.2) is 9.59 Å². The van der Waals surface area contributed by atoms with Crippen molar-refractivity contribution in [3.05, 3.63) is 28.2 Å². The largest absolute Gasteiger partial charge is 0.390 e. The van der Waals surface area contributed by atoms with Crippen LogP contribution in [-0.4, -0.2) is 25.0 Å². The Labute approximate surface area is 102 Å². The molecule has 6 heteroatoms. The van der Waals surface area contributed by atoms with Crippen LogP contribution in [0.15, 0.2) is 18.2 Å². The van der Waals surface area contributed by atoms with E-state index in [4.69, 9.17) is 23.2 Å². The maximum absolute atomic E-state index is 11.1. The summed E-state index contributed by atoms with van der Waals surface area (Å²) in [7, 11) is 0. The summed E-state index contributed by atoms with van der Waals surface area (Å²) in [6, 6.07) is 5.03. The molecule has 1 saturated heterocycles. The molecule has 16 heavy (non-hydrogen) atoms. The molecular weight excluding hydrogens is 253 g/mol. The van der Waals surface area contributed by atoms with Gasteiger partial charge in [-0.1, -0.05) is 29.3 Å². The number of hydrogen-bond donors (Lipinski definition) is 0. The van der Waals surface area contributed by atoms with E-state index >= 15 is 0 Å². The number of esters is 2. The molecule has 1 aromatic rings. The number of morpholine rings is 1. The zero-order valence-electron chi connectivity index (χ0n) is 8.07. The van der Waals surface area contributed by atoms with Gasteiger partial charge < -0.3 is 9.64 Å². The predicted molar refractivity (Wildman–Crippen MR) is 59.8 cm³/mol. The smallest absolute Gasteiger partial charge is 0.333 e. The average molecular weight is 260 g/mol. The van der Waals surface area contributed by atoms with E-state index in [1.54, 1.807) is 18.2 Å². The molecule has 0 aliphatic carbocycles. The Hall–Kier alpha value is -1.26. The van der Waals surface area contributed by atoms with Crippen LogP contribution in [0.3, 0.4) is 0 Å². The van der Waals surface area contributed by atoms with E-state index < -0.39 is 11.9 Å². The Bertz CT molecular complexity index is 445. The first-order chi connectivity index (χ1) is 7.58. The second kappa shape index (κ2) is 4.31. The first kappa shape index (κ1) is 11.2. The van der Waals surface area contributed by atoms with Crippen LogP contribution in [0, 0.1) is 0 Å². The zero-order chi connectivity index (χ0) is 11.7. The number of cyclic esters (lactones) is 2. The van der Waals surface area contributed by atoms with E-state index in [-0.39, 0.29) is 13.1 Å². The number of benzene rings is 1. The topological polar surface area (TPSA) is 46.6 Å². The summed E-state index contributed by atoms with van der Waals surface area (Å²) in [5.74, 6) is -1.18. The Morgan fingerprint density at radius 3 is 2.38 bits per heavy atom. The van der Waals surface area contributed by atoms with Crippen LogP contribution in [0.25, 0.3) is 0 Å². The van der Waals surface area contributed by atoms with Crippen LogP contribution >= 0.6 is 23.2 Å². The Morgan fingerprint density at radius 1 is 1.12 bits per heavy atom. The van der Waals surface area contributed by atoms with E-state index in [0.717, 1.165) is 0 Å². The lowest BCUT2D eigenvalue weighted by Crippen LogP contribution is -2.43. The van der Waals surface area contributed by atoms with Gasteiger partial charge in [0, 0.05) is 0 Å². The van der Waals surface area contributed by atoms with Gasteiger partial charge in [-0.05, 0) is 12.1 Å². The number of carbonyl (C=O) groups is 2. The summed E-state index contributed by atoms with van der Waals surface area (Å²) in [4.78, 5) is 23.7. The van der Waals surface area contributed by atoms with E-state index in [0.29, 0.717) is 15.7 Å². The Morgan fingerprint density at radius 2 is 1.75 bits per heavy atom. The number of ether oxygens (including phenoxy) is 1. The van der Waals surface area contributed by atoms with Gasteiger partial charge in [0.15, 0.2) is 0 Å². The molecular formula is C10H7Cl2NO3. The van der Waals surface area contributed by atoms with Crippen LogP contribution in [0.4, 0.5) is 5.69 Å². The minimum Gasteiger partial charge on any atom is -0.390 e. The van der Waals surface area contributed by atoms with E-state index in [9.17, 15) is 9.59 Å². The number of carbonyl (C=O) groups excluding carboxylic acids is 2. The van der Waals surface area contributed by atoms with E-state index in [1.807, 2.05) is 0 Å². The highest BCUT2D eigenvalue weighted by molar-refractivity contribution is 6.43. The molecule has 0 bridgehead atoms. The normalized spacial score (nSPS) is 16.2. The van der Waals surface area contributed by atoms with Crippen molar-refractivity contribution in [2.75, 3.05) is 18.0 Å². The molecule has 1 heterocycles. The molecule has 0 aromatic heterocycles. The average Bonchev–Trinajstić information content (AvgIpc) is 2.20. The first-order valence-electron chi connectivity index (χ1n) is 4.50. The standard InChI is InChI=1S/C10H7Cl2NO3/c11-6-2-1-3-7(10(6)12)13-4-8(14)16-9(15)5-13/h1-3H,4-5H2. The number of anilines is 1. The van der Waals surface area contributed by atoms with Crippen molar-refractivity contribution in [1.29, 1.82) is 0 Å². The maximum atomic E-state index is 11.1. The summed E-state index contributed by atoms with van der Waals surface area (Å²) in [5, 5.41) is 0.706. The molecule has 0 N–H and O–H groups in total. The number of rotatable bonds is 1. The fourth-order valence-corrected chi connectivity index (χ4v) is 1.88. The lowest BCUT2D eigenvalue weighted by molar-refractivity contribution is -0.160. The molecule has 4 nitrogen and oxygen atoms in total. The Balaban J connectivity index is 2.33. The fourth-order valence-electron chi connectivity index (χ4n) is 1.47. The number of hydrogen-bond acceptors (Lipinski definition) is 4. The number of halogens is 2. The maximum Gasteiger partial charge on any atom is 0.333 e. The van der Waals surface area contributed by atoms with Crippen molar-refractivity contribution in [2.45, 2.75) is 0 Å². The molecule has 1 aliphatic heterocycles. The van der Waals surface area contributed by atoms with Gasteiger partial charge in [-0.15, -0.1) is 0 Å². The van der Waals surface area contributed by atoms with E-state index in [2.05, 4.69) is 4.74 Å². The van der Waals surface area contributed by atoms with Crippen molar-refractivity contribution in [3.63, 3.8) is 0 Å². The third-order valence-corrected chi connectivity index (χ3v) is 2.95. The minimum absolute atomic E-state index is 0.00813. The molecule has 2 rings (SSSR count). The van der Waals surface area contributed by atoms with Gasteiger partial charge in [0.25, 0.3) is 0 Å². The van der Waals surface area contributed by atoms with Crippen LogP contribution in [0.2, 0.25) is 10.0 Å². The molecule has 0 spiro atoms. The summed E-state index contributed by atoms with van der Waals surface area (Å²) >= 11 is 11.8. The zero-order valence-corrected chi connectivity index (χ0v) is 9.59. The molecule has 0 radical (unpaired) electrons. The molecule has 0 atom stereocenters. The molecule has 1 fully saturated rings. The first-order valence-corrected chi connectivity index (χ1v) is 5.26. The molecule has 0 unspecified atom stereocenters. The van der Waals surface area contributed by atoms with Crippen LogP contribution in [0.5, 0.6) is 0 Å². The van der Waals surface area contributed by atoms with Crippen LogP contribution in [-0.2, 0) is 14.3 Å². The quantitative estimate of drug-likeness (QED) is 0.571. The van der Waals surface area contributed by atoms with Crippen LogP contribution in [0.1, 0.15) is 0 Å². The summed E-state index contributed by atoms with van der Waals surface area (Å²) in [6.07, 6.45) is 0. The lowest BCUT2D eigenvalue weighted by atomic mass is 10.2. The SMILES string of the molecule is O=C1CN(c2cccc(Cl)c2Cl)CC(=O)O1. The van der Waals surface area contributed by atoms with Gasteiger partial charge in [0.05, 0.1) is 15.7 Å². The van der Waals surface area contributed by atoms with Crippen molar-refractivity contribution in [1.82, 2.24) is 0 Å². The van der Waals surface area contributed by atoms with Gasteiger partial charge in [0.2, 0.25) is 0 Å². The van der Waals surface area contributed by atoms with Crippen molar-refractivity contribution >= 4 is 40.8 Å². The minimum atomic E-state index is -0.590.